The van der Waals surface area contributed by atoms with Gasteiger partial charge in [-0.05, 0) is 18.5 Å². The number of benzene rings is 1. The molecule has 0 aromatic heterocycles. The Morgan fingerprint density at radius 2 is 1.94 bits per heavy atom. The summed E-state index contributed by atoms with van der Waals surface area (Å²) in [5, 5.41) is 0. The first kappa shape index (κ1) is 10.3. The minimum absolute atomic E-state index is 0.279. The molecule has 1 spiro atoms. The minimum atomic E-state index is 0.279. The van der Waals surface area contributed by atoms with Crippen LogP contribution in [0.25, 0.3) is 0 Å². The van der Waals surface area contributed by atoms with Crippen LogP contribution in [0, 0.1) is 5.92 Å². The average Bonchev–Trinajstić information content (AvgIpc) is 2.50. The molecule has 2 aliphatic heterocycles. The molecule has 1 aromatic rings. The minimum Gasteiger partial charge on any atom is -0.377 e. The molecular formula is C14H19NO. The third-order valence-corrected chi connectivity index (χ3v) is 4.33. The Kier molecular flexibility index (Phi) is 2.30. The zero-order chi connectivity index (χ0) is 11.2. The van der Waals surface area contributed by atoms with Crippen LogP contribution in [0.5, 0.6) is 0 Å². The highest BCUT2D eigenvalue weighted by molar-refractivity contribution is 5.29. The van der Waals surface area contributed by atoms with Crippen molar-refractivity contribution in [2.24, 2.45) is 5.92 Å². The third kappa shape index (κ3) is 1.26. The van der Waals surface area contributed by atoms with Crippen LogP contribution in [0.3, 0.4) is 0 Å². The first-order valence-electron chi connectivity index (χ1n) is 6.08. The molecule has 0 aliphatic carbocycles. The summed E-state index contributed by atoms with van der Waals surface area (Å²) in [5.74, 6) is 1.35. The van der Waals surface area contributed by atoms with E-state index in [0.717, 1.165) is 19.1 Å². The van der Waals surface area contributed by atoms with Crippen molar-refractivity contribution < 1.29 is 4.74 Å². The monoisotopic (exact) mass is 217 g/mol. The summed E-state index contributed by atoms with van der Waals surface area (Å²) in [6.07, 6.45) is 0. The standard InChI is InChI=1S/C14H19NO/c1-11-8-15(2)14(9-16-10-14)13(11)12-6-4-3-5-7-12/h3-7,11,13H,8-10H2,1-2H3. The molecule has 2 nitrogen and oxygen atoms in total. The summed E-state index contributed by atoms with van der Waals surface area (Å²) in [5.41, 5.74) is 1.75. The number of ether oxygens (including phenoxy) is 1. The fourth-order valence-electron chi connectivity index (χ4n) is 3.50. The van der Waals surface area contributed by atoms with Crippen molar-refractivity contribution >= 4 is 0 Å². The van der Waals surface area contributed by atoms with Crippen LogP contribution in [0.1, 0.15) is 18.4 Å². The number of likely N-dealkylation sites (tertiary alicyclic amines) is 1. The molecule has 2 unspecified atom stereocenters. The van der Waals surface area contributed by atoms with E-state index in [1.54, 1.807) is 0 Å². The molecule has 1 aromatic carbocycles. The zero-order valence-corrected chi connectivity index (χ0v) is 10.0. The fraction of sp³-hybridized carbons (Fsp3) is 0.571. The molecule has 2 heteroatoms. The maximum Gasteiger partial charge on any atom is 0.0748 e. The molecule has 2 heterocycles. The molecular weight excluding hydrogens is 198 g/mol. The first-order valence-corrected chi connectivity index (χ1v) is 6.08. The van der Waals surface area contributed by atoms with E-state index in [9.17, 15) is 0 Å². The van der Waals surface area contributed by atoms with Gasteiger partial charge in [-0.2, -0.15) is 0 Å². The Hall–Kier alpha value is -0.860. The van der Waals surface area contributed by atoms with Crippen LogP contribution in [-0.4, -0.2) is 37.2 Å². The van der Waals surface area contributed by atoms with E-state index in [0.29, 0.717) is 5.92 Å². The van der Waals surface area contributed by atoms with Gasteiger partial charge in [0.15, 0.2) is 0 Å². The molecule has 2 fully saturated rings. The molecule has 0 bridgehead atoms. The van der Waals surface area contributed by atoms with E-state index in [1.807, 2.05) is 0 Å². The number of nitrogens with zero attached hydrogens (tertiary/aromatic N) is 1. The molecule has 2 saturated heterocycles. The van der Waals surface area contributed by atoms with Gasteiger partial charge in [-0.15, -0.1) is 0 Å². The second-order valence-electron chi connectivity index (χ2n) is 5.34. The van der Waals surface area contributed by atoms with Crippen LogP contribution in [0.4, 0.5) is 0 Å². The van der Waals surface area contributed by atoms with Gasteiger partial charge in [-0.25, -0.2) is 0 Å². The van der Waals surface area contributed by atoms with Gasteiger partial charge in [0.2, 0.25) is 0 Å². The second-order valence-corrected chi connectivity index (χ2v) is 5.34. The summed E-state index contributed by atoms with van der Waals surface area (Å²) >= 11 is 0. The van der Waals surface area contributed by atoms with Gasteiger partial charge >= 0.3 is 0 Å². The Labute approximate surface area is 97.2 Å². The van der Waals surface area contributed by atoms with Crippen LogP contribution >= 0.6 is 0 Å². The van der Waals surface area contributed by atoms with E-state index in [2.05, 4.69) is 49.2 Å². The van der Waals surface area contributed by atoms with Crippen molar-refractivity contribution in [2.75, 3.05) is 26.8 Å². The summed E-state index contributed by atoms with van der Waals surface area (Å²) in [6, 6.07) is 10.9. The van der Waals surface area contributed by atoms with E-state index in [1.165, 1.54) is 12.1 Å². The number of hydrogen-bond acceptors (Lipinski definition) is 2. The molecule has 16 heavy (non-hydrogen) atoms. The summed E-state index contributed by atoms with van der Waals surface area (Å²) < 4.78 is 5.49. The lowest BCUT2D eigenvalue weighted by Gasteiger charge is -2.48. The summed E-state index contributed by atoms with van der Waals surface area (Å²) in [7, 11) is 2.24. The molecule has 0 amide bonds. The van der Waals surface area contributed by atoms with Gasteiger partial charge in [0.05, 0.1) is 18.8 Å². The lowest BCUT2D eigenvalue weighted by atomic mass is 9.74. The van der Waals surface area contributed by atoms with Gasteiger partial charge < -0.3 is 4.74 Å². The van der Waals surface area contributed by atoms with Crippen LogP contribution in [-0.2, 0) is 4.74 Å². The highest BCUT2D eigenvalue weighted by Crippen LogP contribution is 2.48. The summed E-state index contributed by atoms with van der Waals surface area (Å²) in [4.78, 5) is 2.50. The van der Waals surface area contributed by atoms with Gasteiger partial charge in [0.25, 0.3) is 0 Å². The Balaban J connectivity index is 1.99. The van der Waals surface area contributed by atoms with E-state index >= 15 is 0 Å². The Bertz CT molecular complexity index is 372. The zero-order valence-electron chi connectivity index (χ0n) is 10.0. The van der Waals surface area contributed by atoms with Crippen LogP contribution in [0.15, 0.2) is 30.3 Å². The van der Waals surface area contributed by atoms with Crippen molar-refractivity contribution in [3.05, 3.63) is 35.9 Å². The van der Waals surface area contributed by atoms with Gasteiger partial charge in [-0.1, -0.05) is 37.3 Å². The number of hydrogen-bond donors (Lipinski definition) is 0. The largest absolute Gasteiger partial charge is 0.377 e. The highest BCUT2D eigenvalue weighted by Gasteiger charge is 2.55. The smallest absolute Gasteiger partial charge is 0.0748 e. The summed E-state index contributed by atoms with van der Waals surface area (Å²) in [6.45, 7) is 5.34. The van der Waals surface area contributed by atoms with Crippen LogP contribution in [0.2, 0.25) is 0 Å². The molecule has 2 atom stereocenters. The molecule has 2 aliphatic rings. The Morgan fingerprint density at radius 1 is 1.25 bits per heavy atom. The van der Waals surface area contributed by atoms with Gasteiger partial charge in [-0.3, -0.25) is 4.90 Å². The fourth-order valence-corrected chi connectivity index (χ4v) is 3.50. The van der Waals surface area contributed by atoms with Crippen LogP contribution < -0.4 is 0 Å². The molecule has 3 rings (SSSR count). The molecule has 0 radical (unpaired) electrons. The van der Waals surface area contributed by atoms with Crippen molar-refractivity contribution in [1.29, 1.82) is 0 Å². The van der Waals surface area contributed by atoms with Gasteiger partial charge in [0, 0.05) is 12.5 Å². The molecule has 0 saturated carbocycles. The molecule has 86 valence electrons. The predicted octanol–water partition coefficient (Wildman–Crippen LogP) is 2.12. The lowest BCUT2D eigenvalue weighted by molar-refractivity contribution is -0.123. The average molecular weight is 217 g/mol. The Morgan fingerprint density at radius 3 is 2.50 bits per heavy atom. The maximum absolute atomic E-state index is 5.49. The van der Waals surface area contributed by atoms with E-state index < -0.39 is 0 Å². The maximum atomic E-state index is 5.49. The van der Waals surface area contributed by atoms with E-state index in [4.69, 9.17) is 4.74 Å². The SMILES string of the molecule is CC1CN(C)C2(COC2)C1c1ccccc1. The highest BCUT2D eigenvalue weighted by atomic mass is 16.5. The van der Waals surface area contributed by atoms with Crippen molar-refractivity contribution in [1.82, 2.24) is 4.90 Å². The topological polar surface area (TPSA) is 12.5 Å². The quantitative estimate of drug-likeness (QED) is 0.714. The van der Waals surface area contributed by atoms with Crippen molar-refractivity contribution in [3.8, 4) is 0 Å². The number of rotatable bonds is 1. The van der Waals surface area contributed by atoms with Crippen molar-refractivity contribution in [3.63, 3.8) is 0 Å². The lowest BCUT2D eigenvalue weighted by Crippen LogP contribution is -2.60. The predicted molar refractivity (Wildman–Crippen MR) is 64.5 cm³/mol. The normalized spacial score (nSPS) is 32.9. The third-order valence-electron chi connectivity index (χ3n) is 4.33. The van der Waals surface area contributed by atoms with Gasteiger partial charge in [0.1, 0.15) is 0 Å². The first-order chi connectivity index (χ1) is 7.74. The number of likely N-dealkylation sites (N-methyl/N-ethyl adjacent to an activating group) is 1. The molecule has 0 N–H and O–H groups in total. The van der Waals surface area contributed by atoms with Crippen molar-refractivity contribution in [2.45, 2.75) is 18.4 Å². The second kappa shape index (κ2) is 3.57. The van der Waals surface area contributed by atoms with E-state index in [-0.39, 0.29) is 5.54 Å².